The quantitative estimate of drug-likeness (QED) is 0.313. The second-order valence-corrected chi connectivity index (χ2v) is 7.38. The second-order valence-electron chi connectivity index (χ2n) is 7.38. The Hall–Kier alpha value is -2.04. The first kappa shape index (κ1) is 24.2. The lowest BCUT2D eigenvalue weighted by atomic mass is 10.1. The van der Waals surface area contributed by atoms with Gasteiger partial charge in [-0.2, -0.15) is 13.2 Å². The summed E-state index contributed by atoms with van der Waals surface area (Å²) in [6.45, 7) is 8.64. The van der Waals surface area contributed by atoms with Crippen molar-refractivity contribution in [3.8, 4) is 5.75 Å². The van der Waals surface area contributed by atoms with E-state index in [0.717, 1.165) is 25.2 Å². The third-order valence-corrected chi connectivity index (χ3v) is 4.43. The zero-order valence-corrected chi connectivity index (χ0v) is 17.5. The van der Waals surface area contributed by atoms with Gasteiger partial charge in [-0.15, -0.1) is 0 Å². The van der Waals surface area contributed by atoms with Crippen LogP contribution in [0.2, 0.25) is 0 Å². The molecule has 0 spiro atoms. The van der Waals surface area contributed by atoms with E-state index in [1.165, 1.54) is 12.1 Å². The van der Waals surface area contributed by atoms with Gasteiger partial charge in [0.1, 0.15) is 12.4 Å². The molecule has 0 bridgehead atoms. The SMILES string of the molecule is CCNC(=NCC(C)(O)CN1CCOCC1)NCCOc1ccc(C(F)(F)F)cc1. The highest BCUT2D eigenvalue weighted by Crippen LogP contribution is 2.30. The topological polar surface area (TPSA) is 78.4 Å². The normalized spacial score (nSPS) is 18.0. The molecule has 1 unspecified atom stereocenters. The maximum absolute atomic E-state index is 12.6. The second kappa shape index (κ2) is 11.4. The number of rotatable bonds is 9. The predicted octanol–water partition coefficient (Wildman–Crippen LogP) is 1.72. The van der Waals surface area contributed by atoms with Crippen LogP contribution < -0.4 is 15.4 Å². The molecule has 0 saturated carbocycles. The number of guanidine groups is 1. The summed E-state index contributed by atoms with van der Waals surface area (Å²) in [4.78, 5) is 6.59. The van der Waals surface area contributed by atoms with Gasteiger partial charge < -0.3 is 25.2 Å². The number of aliphatic imine (C=N–C) groups is 1. The summed E-state index contributed by atoms with van der Waals surface area (Å²) in [5, 5.41) is 16.8. The third kappa shape index (κ3) is 8.76. The monoisotopic (exact) mass is 432 g/mol. The fourth-order valence-corrected chi connectivity index (χ4v) is 2.96. The van der Waals surface area contributed by atoms with Crippen LogP contribution in [-0.2, 0) is 10.9 Å². The van der Waals surface area contributed by atoms with Gasteiger partial charge in [-0.1, -0.05) is 0 Å². The molecule has 30 heavy (non-hydrogen) atoms. The minimum Gasteiger partial charge on any atom is -0.492 e. The Morgan fingerprint density at radius 1 is 1.20 bits per heavy atom. The van der Waals surface area contributed by atoms with Crippen LogP contribution in [0.3, 0.4) is 0 Å². The van der Waals surface area contributed by atoms with Crippen LogP contribution in [0.5, 0.6) is 5.75 Å². The summed E-state index contributed by atoms with van der Waals surface area (Å²) in [7, 11) is 0. The van der Waals surface area contributed by atoms with Gasteiger partial charge >= 0.3 is 6.18 Å². The summed E-state index contributed by atoms with van der Waals surface area (Å²) >= 11 is 0. The van der Waals surface area contributed by atoms with E-state index in [9.17, 15) is 18.3 Å². The fraction of sp³-hybridized carbons (Fsp3) is 0.650. The van der Waals surface area contributed by atoms with Crippen molar-refractivity contribution in [3.05, 3.63) is 29.8 Å². The Labute approximate surface area is 175 Å². The summed E-state index contributed by atoms with van der Waals surface area (Å²) < 4.78 is 48.5. The first-order valence-electron chi connectivity index (χ1n) is 10.0. The molecule has 1 aromatic rings. The largest absolute Gasteiger partial charge is 0.492 e. The van der Waals surface area contributed by atoms with Gasteiger partial charge in [-0.25, -0.2) is 0 Å². The zero-order valence-electron chi connectivity index (χ0n) is 17.5. The van der Waals surface area contributed by atoms with Gasteiger partial charge in [-0.05, 0) is 38.1 Å². The van der Waals surface area contributed by atoms with Gasteiger partial charge in [0.25, 0.3) is 0 Å². The molecule has 2 rings (SSSR count). The van der Waals surface area contributed by atoms with Crippen molar-refractivity contribution >= 4 is 5.96 Å². The first-order chi connectivity index (χ1) is 14.2. The maximum atomic E-state index is 12.6. The first-order valence-corrected chi connectivity index (χ1v) is 10.0. The van der Waals surface area contributed by atoms with Gasteiger partial charge in [0, 0.05) is 26.2 Å². The van der Waals surface area contributed by atoms with Gasteiger partial charge in [0.15, 0.2) is 5.96 Å². The van der Waals surface area contributed by atoms with E-state index in [1.807, 2.05) is 6.92 Å². The number of nitrogens with one attached hydrogen (secondary N) is 2. The Morgan fingerprint density at radius 3 is 2.47 bits per heavy atom. The smallest absolute Gasteiger partial charge is 0.416 e. The highest BCUT2D eigenvalue weighted by molar-refractivity contribution is 5.79. The van der Waals surface area contributed by atoms with Crippen LogP contribution in [0, 0.1) is 0 Å². The van der Waals surface area contributed by atoms with Gasteiger partial charge in [0.2, 0.25) is 0 Å². The molecule has 0 aliphatic carbocycles. The van der Waals surface area contributed by atoms with Crippen molar-refractivity contribution < 1.29 is 27.8 Å². The number of ether oxygens (including phenoxy) is 2. The number of hydrogen-bond donors (Lipinski definition) is 3. The molecule has 0 radical (unpaired) electrons. The maximum Gasteiger partial charge on any atom is 0.416 e. The highest BCUT2D eigenvalue weighted by Gasteiger charge is 2.30. The molecular formula is C20H31F3N4O3. The third-order valence-electron chi connectivity index (χ3n) is 4.43. The summed E-state index contributed by atoms with van der Waals surface area (Å²) in [6, 6.07) is 4.57. The number of β-amino-alcohol motifs (C(OH)–C–C–N with tert-alkyl or cyclic N) is 1. The van der Waals surface area contributed by atoms with E-state index in [-0.39, 0.29) is 13.2 Å². The molecule has 1 atom stereocenters. The Morgan fingerprint density at radius 2 is 1.87 bits per heavy atom. The van der Waals surface area contributed by atoms with Crippen molar-refractivity contribution in [2.75, 3.05) is 59.1 Å². The number of alkyl halides is 3. The summed E-state index contributed by atoms with van der Waals surface area (Å²) in [5.41, 5.74) is -1.69. The van der Waals surface area contributed by atoms with E-state index >= 15 is 0 Å². The molecule has 7 nitrogen and oxygen atoms in total. The van der Waals surface area contributed by atoms with Crippen LogP contribution in [0.25, 0.3) is 0 Å². The Bertz CT molecular complexity index is 660. The molecular weight excluding hydrogens is 401 g/mol. The number of halogens is 3. The zero-order chi connectivity index (χ0) is 22.0. The summed E-state index contributed by atoms with van der Waals surface area (Å²) in [5.74, 6) is 0.899. The number of aliphatic hydroxyl groups is 1. The summed E-state index contributed by atoms with van der Waals surface area (Å²) in [6.07, 6.45) is -4.36. The van der Waals surface area contributed by atoms with Crippen LogP contribution in [0.4, 0.5) is 13.2 Å². The lowest BCUT2D eigenvalue weighted by molar-refractivity contribution is -0.137. The molecule has 1 aliphatic heterocycles. The standard InChI is InChI=1S/C20H31F3N4O3/c1-3-24-18(26-14-19(2,28)15-27-9-12-29-13-10-27)25-8-11-30-17-6-4-16(5-7-17)20(21,22)23/h4-7,28H,3,8-15H2,1-2H3,(H2,24,25,26). The van der Waals surface area contributed by atoms with Gasteiger partial charge in [-0.3, -0.25) is 9.89 Å². The average molecular weight is 432 g/mol. The number of hydrogen-bond acceptors (Lipinski definition) is 5. The number of nitrogens with zero attached hydrogens (tertiary/aromatic N) is 2. The van der Waals surface area contributed by atoms with E-state index in [2.05, 4.69) is 20.5 Å². The highest BCUT2D eigenvalue weighted by atomic mass is 19.4. The fourth-order valence-electron chi connectivity index (χ4n) is 2.96. The molecule has 1 fully saturated rings. The average Bonchev–Trinajstić information content (AvgIpc) is 2.69. The Balaban J connectivity index is 1.77. The minimum absolute atomic E-state index is 0.222. The molecule has 1 aromatic carbocycles. The van der Waals surface area contributed by atoms with E-state index in [1.54, 1.807) is 6.92 Å². The van der Waals surface area contributed by atoms with E-state index in [0.29, 0.717) is 44.6 Å². The van der Waals surface area contributed by atoms with Crippen LogP contribution >= 0.6 is 0 Å². The molecule has 1 saturated heterocycles. The molecule has 1 aliphatic rings. The lowest BCUT2D eigenvalue weighted by Gasteiger charge is -2.33. The van der Waals surface area contributed by atoms with Crippen molar-refractivity contribution in [1.82, 2.24) is 15.5 Å². The van der Waals surface area contributed by atoms with Crippen LogP contribution in [-0.4, -0.2) is 80.7 Å². The molecule has 10 heteroatoms. The number of morpholine rings is 1. The lowest BCUT2D eigenvalue weighted by Crippen LogP contribution is -2.48. The molecule has 3 N–H and O–H groups in total. The minimum atomic E-state index is -4.36. The van der Waals surface area contributed by atoms with Crippen molar-refractivity contribution in [2.24, 2.45) is 4.99 Å². The van der Waals surface area contributed by atoms with Crippen molar-refractivity contribution in [2.45, 2.75) is 25.6 Å². The molecule has 170 valence electrons. The van der Waals surface area contributed by atoms with Gasteiger partial charge in [0.05, 0.1) is 37.5 Å². The van der Waals surface area contributed by atoms with E-state index < -0.39 is 17.3 Å². The molecule has 0 amide bonds. The molecule has 1 heterocycles. The van der Waals surface area contributed by atoms with Crippen LogP contribution in [0.15, 0.2) is 29.3 Å². The molecule has 0 aromatic heterocycles. The van der Waals surface area contributed by atoms with Crippen molar-refractivity contribution in [1.29, 1.82) is 0 Å². The van der Waals surface area contributed by atoms with Crippen molar-refractivity contribution in [3.63, 3.8) is 0 Å². The van der Waals surface area contributed by atoms with E-state index in [4.69, 9.17) is 9.47 Å². The Kier molecular flexibility index (Phi) is 9.19. The van der Waals surface area contributed by atoms with Crippen LogP contribution in [0.1, 0.15) is 19.4 Å². The predicted molar refractivity (Wildman–Crippen MR) is 109 cm³/mol. The number of benzene rings is 1.